The molecule has 1 heterocycles. The molecule has 78 valence electrons. The molecule has 2 N–H and O–H groups in total. The Labute approximate surface area is 85.9 Å². The van der Waals surface area contributed by atoms with Gasteiger partial charge in [-0.1, -0.05) is 0 Å². The molecule has 0 bridgehead atoms. The summed E-state index contributed by atoms with van der Waals surface area (Å²) in [5.41, 5.74) is 6.67. The molecule has 0 saturated carbocycles. The molecule has 3 nitrogen and oxygen atoms in total. The predicted octanol–water partition coefficient (Wildman–Crippen LogP) is 1.14. The minimum Gasteiger partial charge on any atom is -0.326 e. The van der Waals surface area contributed by atoms with E-state index in [1.165, 1.54) is 22.8 Å². The fourth-order valence-electron chi connectivity index (χ4n) is 1.67. The highest BCUT2D eigenvalue weighted by atomic mass is 19.1. The number of hydrogen-bond acceptors (Lipinski definition) is 2. The number of rotatable bonds is 1. The van der Waals surface area contributed by atoms with E-state index < -0.39 is 0 Å². The van der Waals surface area contributed by atoms with E-state index in [1.807, 2.05) is 0 Å². The molecule has 0 spiro atoms. The molecule has 0 fully saturated rings. The van der Waals surface area contributed by atoms with Crippen LogP contribution in [-0.2, 0) is 13.6 Å². The summed E-state index contributed by atoms with van der Waals surface area (Å²) in [6, 6.07) is 5.84. The van der Waals surface area contributed by atoms with Gasteiger partial charge < -0.3 is 10.3 Å². The second kappa shape index (κ2) is 3.47. The third-order valence-corrected chi connectivity index (χ3v) is 2.52. The SMILES string of the molecule is Cn1c(=O)cc(CN)c2ccc(F)cc21. The molecule has 0 aliphatic heterocycles. The van der Waals surface area contributed by atoms with E-state index in [-0.39, 0.29) is 17.9 Å². The number of aromatic nitrogens is 1. The van der Waals surface area contributed by atoms with Gasteiger partial charge in [0.25, 0.3) is 5.56 Å². The number of aryl methyl sites for hydroxylation is 1. The molecular weight excluding hydrogens is 195 g/mol. The molecule has 0 saturated heterocycles. The summed E-state index contributed by atoms with van der Waals surface area (Å²) in [5.74, 6) is -0.355. The lowest BCUT2D eigenvalue weighted by Gasteiger charge is -2.08. The van der Waals surface area contributed by atoms with Crippen LogP contribution >= 0.6 is 0 Å². The van der Waals surface area contributed by atoms with Gasteiger partial charge in [-0.25, -0.2) is 4.39 Å². The molecule has 1 aromatic heterocycles. The van der Waals surface area contributed by atoms with Crippen molar-refractivity contribution >= 4 is 10.9 Å². The van der Waals surface area contributed by atoms with Crippen LogP contribution in [0, 0.1) is 5.82 Å². The maximum absolute atomic E-state index is 13.0. The maximum atomic E-state index is 13.0. The van der Waals surface area contributed by atoms with Crippen molar-refractivity contribution < 1.29 is 4.39 Å². The monoisotopic (exact) mass is 206 g/mol. The summed E-state index contributed by atoms with van der Waals surface area (Å²) < 4.78 is 14.5. The van der Waals surface area contributed by atoms with Gasteiger partial charge in [-0.05, 0) is 23.8 Å². The van der Waals surface area contributed by atoms with Gasteiger partial charge in [0, 0.05) is 25.0 Å². The van der Waals surface area contributed by atoms with Gasteiger partial charge in [0.2, 0.25) is 0 Å². The minimum absolute atomic E-state index is 0.173. The quantitative estimate of drug-likeness (QED) is 0.760. The van der Waals surface area contributed by atoms with Crippen molar-refractivity contribution in [3.63, 3.8) is 0 Å². The molecule has 4 heteroatoms. The minimum atomic E-state index is -0.355. The van der Waals surface area contributed by atoms with E-state index in [9.17, 15) is 9.18 Å². The van der Waals surface area contributed by atoms with E-state index in [0.717, 1.165) is 10.9 Å². The predicted molar refractivity (Wildman–Crippen MR) is 57.0 cm³/mol. The third kappa shape index (κ3) is 1.53. The topological polar surface area (TPSA) is 48.0 Å². The fraction of sp³-hybridized carbons (Fsp3) is 0.182. The van der Waals surface area contributed by atoms with Crippen molar-refractivity contribution in [2.75, 3.05) is 0 Å². The Balaban J connectivity index is 2.96. The van der Waals surface area contributed by atoms with Crippen LogP contribution in [0.25, 0.3) is 10.9 Å². The van der Waals surface area contributed by atoms with Crippen LogP contribution in [-0.4, -0.2) is 4.57 Å². The highest BCUT2D eigenvalue weighted by Gasteiger charge is 2.05. The molecule has 2 rings (SSSR count). The van der Waals surface area contributed by atoms with E-state index in [1.54, 1.807) is 13.1 Å². The highest BCUT2D eigenvalue weighted by Crippen LogP contribution is 2.17. The van der Waals surface area contributed by atoms with Crippen molar-refractivity contribution in [1.82, 2.24) is 4.57 Å². The van der Waals surface area contributed by atoms with Crippen LogP contribution < -0.4 is 11.3 Å². The number of fused-ring (bicyclic) bond motifs is 1. The Morgan fingerprint density at radius 1 is 1.40 bits per heavy atom. The lowest BCUT2D eigenvalue weighted by molar-refractivity contribution is 0.628. The molecule has 15 heavy (non-hydrogen) atoms. The number of hydrogen-bond donors (Lipinski definition) is 1. The zero-order valence-electron chi connectivity index (χ0n) is 8.33. The van der Waals surface area contributed by atoms with Gasteiger partial charge in [0.15, 0.2) is 0 Å². The number of pyridine rings is 1. The molecule has 0 radical (unpaired) electrons. The standard InChI is InChI=1S/C11H11FN2O/c1-14-10-5-8(12)2-3-9(10)7(6-13)4-11(14)15/h2-5H,6,13H2,1H3. The van der Waals surface area contributed by atoms with Gasteiger partial charge in [0.05, 0.1) is 5.52 Å². The first-order chi connectivity index (χ1) is 7.13. The van der Waals surface area contributed by atoms with Crippen LogP contribution in [0.3, 0.4) is 0 Å². The Morgan fingerprint density at radius 3 is 2.80 bits per heavy atom. The molecule has 0 amide bonds. The largest absolute Gasteiger partial charge is 0.326 e. The first kappa shape index (κ1) is 9.86. The summed E-state index contributed by atoms with van der Waals surface area (Å²) in [4.78, 5) is 11.5. The summed E-state index contributed by atoms with van der Waals surface area (Å²) in [5, 5.41) is 0.820. The highest BCUT2D eigenvalue weighted by molar-refractivity contribution is 5.82. The van der Waals surface area contributed by atoms with Crippen LogP contribution in [0.4, 0.5) is 4.39 Å². The summed E-state index contributed by atoms with van der Waals surface area (Å²) in [6.45, 7) is 0.276. The maximum Gasteiger partial charge on any atom is 0.251 e. The zero-order chi connectivity index (χ0) is 11.0. The normalized spacial score (nSPS) is 10.9. The van der Waals surface area contributed by atoms with Crippen molar-refractivity contribution in [2.45, 2.75) is 6.54 Å². The van der Waals surface area contributed by atoms with E-state index in [0.29, 0.717) is 5.52 Å². The number of nitrogens with zero attached hydrogens (tertiary/aromatic N) is 1. The average molecular weight is 206 g/mol. The zero-order valence-corrected chi connectivity index (χ0v) is 8.33. The third-order valence-electron chi connectivity index (χ3n) is 2.52. The molecule has 0 unspecified atom stereocenters. The van der Waals surface area contributed by atoms with E-state index in [4.69, 9.17) is 5.73 Å². The van der Waals surface area contributed by atoms with Crippen molar-refractivity contribution in [1.29, 1.82) is 0 Å². The van der Waals surface area contributed by atoms with Crippen LogP contribution in [0.15, 0.2) is 29.1 Å². The number of halogens is 1. The molecule has 2 aromatic rings. The molecule has 0 atom stereocenters. The Bertz CT molecular complexity index is 575. The second-order valence-electron chi connectivity index (χ2n) is 3.43. The Morgan fingerprint density at radius 2 is 2.13 bits per heavy atom. The van der Waals surface area contributed by atoms with Gasteiger partial charge in [0.1, 0.15) is 5.82 Å². The average Bonchev–Trinajstić information content (AvgIpc) is 2.23. The molecular formula is C11H11FN2O. The van der Waals surface area contributed by atoms with Crippen LogP contribution in [0.2, 0.25) is 0 Å². The van der Waals surface area contributed by atoms with Gasteiger partial charge in [-0.2, -0.15) is 0 Å². The lowest BCUT2D eigenvalue weighted by Crippen LogP contribution is -2.18. The Hall–Kier alpha value is -1.68. The molecule has 0 aliphatic rings. The van der Waals surface area contributed by atoms with Crippen molar-refractivity contribution in [2.24, 2.45) is 12.8 Å². The van der Waals surface area contributed by atoms with E-state index in [2.05, 4.69) is 0 Å². The van der Waals surface area contributed by atoms with E-state index >= 15 is 0 Å². The fourth-order valence-corrected chi connectivity index (χ4v) is 1.67. The van der Waals surface area contributed by atoms with Gasteiger partial charge >= 0.3 is 0 Å². The molecule has 0 aliphatic carbocycles. The first-order valence-electron chi connectivity index (χ1n) is 4.61. The Kier molecular flexibility index (Phi) is 2.28. The number of nitrogens with two attached hydrogens (primary N) is 1. The van der Waals surface area contributed by atoms with Gasteiger partial charge in [-0.3, -0.25) is 4.79 Å². The van der Waals surface area contributed by atoms with Crippen LogP contribution in [0.5, 0.6) is 0 Å². The summed E-state index contributed by atoms with van der Waals surface area (Å²) >= 11 is 0. The van der Waals surface area contributed by atoms with Crippen molar-refractivity contribution in [3.05, 3.63) is 46.0 Å². The van der Waals surface area contributed by atoms with Crippen LogP contribution in [0.1, 0.15) is 5.56 Å². The van der Waals surface area contributed by atoms with Crippen molar-refractivity contribution in [3.8, 4) is 0 Å². The summed E-state index contributed by atoms with van der Waals surface area (Å²) in [6.07, 6.45) is 0. The number of benzene rings is 1. The summed E-state index contributed by atoms with van der Waals surface area (Å²) in [7, 11) is 1.62. The van der Waals surface area contributed by atoms with Gasteiger partial charge in [-0.15, -0.1) is 0 Å². The molecule has 1 aromatic carbocycles. The second-order valence-corrected chi connectivity index (χ2v) is 3.43. The smallest absolute Gasteiger partial charge is 0.251 e. The first-order valence-corrected chi connectivity index (χ1v) is 4.61. The lowest BCUT2D eigenvalue weighted by atomic mass is 10.1.